The topological polar surface area (TPSA) is 104 Å². The normalized spacial score (nSPS) is 14.8. The van der Waals surface area contributed by atoms with E-state index in [2.05, 4.69) is 5.09 Å². The van der Waals surface area contributed by atoms with Crippen molar-refractivity contribution in [3.63, 3.8) is 0 Å². The van der Waals surface area contributed by atoms with Gasteiger partial charge in [0, 0.05) is 6.42 Å². The first kappa shape index (κ1) is 12.1. The molecule has 76 valence electrons. The molecule has 0 heterocycles. The highest BCUT2D eigenvalue weighted by molar-refractivity contribution is 7.41. The van der Waals surface area contributed by atoms with Crippen LogP contribution in [-0.2, 0) is 14.2 Å². The van der Waals surface area contributed by atoms with Crippen LogP contribution in [0.25, 0.3) is 0 Å². The first-order valence-electron chi connectivity index (χ1n) is 3.65. The number of carboxylic acid groups (broad SMARTS) is 2. The molecule has 0 aromatic heterocycles. The molecular formula is C6H12NO5P. The molecule has 0 aliphatic carbocycles. The molecule has 0 radical (unpaired) electrons. The molecule has 1 unspecified atom stereocenters. The summed E-state index contributed by atoms with van der Waals surface area (Å²) in [4.78, 5) is 20.6. The zero-order chi connectivity index (χ0) is 10.4. The lowest BCUT2D eigenvalue weighted by Crippen LogP contribution is -2.32. The zero-order valence-corrected chi connectivity index (χ0v) is 8.11. The second kappa shape index (κ2) is 5.72. The molecule has 0 aliphatic rings. The highest BCUT2D eigenvalue weighted by Crippen LogP contribution is 2.11. The van der Waals surface area contributed by atoms with Crippen molar-refractivity contribution in [3.05, 3.63) is 0 Å². The molecule has 6 nitrogen and oxygen atoms in total. The zero-order valence-electron chi connectivity index (χ0n) is 7.11. The SMILES string of the molecule is C[PH](=O)N[C@@H](CCC(=O)O)C(=O)O. The van der Waals surface area contributed by atoms with Crippen molar-refractivity contribution in [1.82, 2.24) is 5.09 Å². The van der Waals surface area contributed by atoms with Crippen LogP contribution in [0.3, 0.4) is 0 Å². The first-order chi connectivity index (χ1) is 5.93. The summed E-state index contributed by atoms with van der Waals surface area (Å²) in [5, 5.41) is 19.2. The van der Waals surface area contributed by atoms with E-state index in [1.165, 1.54) is 6.66 Å². The minimum Gasteiger partial charge on any atom is -0.481 e. The number of nitrogens with one attached hydrogen (secondary N) is 1. The molecule has 0 aromatic rings. The highest BCUT2D eigenvalue weighted by atomic mass is 31.1. The summed E-state index contributed by atoms with van der Waals surface area (Å²) < 4.78 is 10.7. The van der Waals surface area contributed by atoms with Gasteiger partial charge in [0.1, 0.15) is 14.0 Å². The minimum absolute atomic E-state index is 0.0606. The van der Waals surface area contributed by atoms with Crippen LogP contribution in [0.1, 0.15) is 12.8 Å². The second-order valence-electron chi connectivity index (χ2n) is 2.52. The van der Waals surface area contributed by atoms with Crippen molar-refractivity contribution < 1.29 is 24.4 Å². The number of carboxylic acids is 2. The van der Waals surface area contributed by atoms with Gasteiger partial charge >= 0.3 is 11.9 Å². The maximum Gasteiger partial charge on any atom is 0.321 e. The van der Waals surface area contributed by atoms with Crippen LogP contribution in [0, 0.1) is 0 Å². The summed E-state index contributed by atoms with van der Waals surface area (Å²) in [6, 6.07) is -1.03. The quantitative estimate of drug-likeness (QED) is 0.532. The molecule has 0 saturated heterocycles. The molecule has 0 aliphatic heterocycles. The Morgan fingerprint density at radius 2 is 2.00 bits per heavy atom. The Bertz CT molecular complexity index is 229. The van der Waals surface area contributed by atoms with E-state index in [0.29, 0.717) is 0 Å². The molecule has 0 aromatic carbocycles. The fraction of sp³-hybridized carbons (Fsp3) is 0.667. The van der Waals surface area contributed by atoms with Crippen LogP contribution in [0.2, 0.25) is 0 Å². The fourth-order valence-corrected chi connectivity index (χ4v) is 1.53. The fourth-order valence-electron chi connectivity index (χ4n) is 0.771. The molecule has 0 saturated carbocycles. The van der Waals surface area contributed by atoms with Crippen LogP contribution < -0.4 is 5.09 Å². The monoisotopic (exact) mass is 209 g/mol. The largest absolute Gasteiger partial charge is 0.481 e. The second-order valence-corrected chi connectivity index (χ2v) is 3.92. The number of rotatable bonds is 6. The van der Waals surface area contributed by atoms with Gasteiger partial charge in [-0.1, -0.05) is 0 Å². The summed E-state index contributed by atoms with van der Waals surface area (Å²) >= 11 is 0. The van der Waals surface area contributed by atoms with Crippen molar-refractivity contribution in [2.75, 3.05) is 6.66 Å². The van der Waals surface area contributed by atoms with Gasteiger partial charge in [-0.15, -0.1) is 0 Å². The molecule has 0 spiro atoms. The van der Waals surface area contributed by atoms with Gasteiger partial charge < -0.3 is 14.8 Å². The lowest BCUT2D eigenvalue weighted by Gasteiger charge is -2.10. The minimum atomic E-state index is -2.10. The summed E-state index contributed by atoms with van der Waals surface area (Å²) in [5.41, 5.74) is 0. The van der Waals surface area contributed by atoms with E-state index in [0.717, 1.165) is 0 Å². The van der Waals surface area contributed by atoms with Gasteiger partial charge in [-0.2, -0.15) is 0 Å². The van der Waals surface area contributed by atoms with E-state index in [4.69, 9.17) is 10.2 Å². The third kappa shape index (κ3) is 6.31. The van der Waals surface area contributed by atoms with Crippen LogP contribution in [0.15, 0.2) is 0 Å². The molecule has 0 amide bonds. The van der Waals surface area contributed by atoms with Crippen molar-refractivity contribution >= 4 is 19.9 Å². The van der Waals surface area contributed by atoms with E-state index in [9.17, 15) is 14.2 Å². The summed E-state index contributed by atoms with van der Waals surface area (Å²) in [6.45, 7) is 1.36. The summed E-state index contributed by atoms with van der Waals surface area (Å²) in [7, 11) is -2.10. The predicted octanol–water partition coefficient (Wildman–Crippen LogP) is -0.00150. The lowest BCUT2D eigenvalue weighted by molar-refractivity contribution is -0.140. The van der Waals surface area contributed by atoms with Gasteiger partial charge in [-0.05, 0) is 13.1 Å². The van der Waals surface area contributed by atoms with Crippen molar-refractivity contribution in [2.45, 2.75) is 18.9 Å². The average molecular weight is 209 g/mol. The number of hydrogen-bond donors (Lipinski definition) is 3. The van der Waals surface area contributed by atoms with E-state index in [1.54, 1.807) is 0 Å². The highest BCUT2D eigenvalue weighted by Gasteiger charge is 2.18. The maximum atomic E-state index is 10.7. The standard InChI is InChI=1S/C6H12NO5P/c1-13(12)7-4(6(10)11)2-3-5(8)9/h4,13H,2-3H2,1H3,(H,7,12)(H,8,9)(H,10,11)/t4-/m0/s1. The van der Waals surface area contributed by atoms with Crippen molar-refractivity contribution in [2.24, 2.45) is 0 Å². The third-order valence-corrected chi connectivity index (χ3v) is 2.08. The van der Waals surface area contributed by atoms with Gasteiger partial charge in [0.05, 0.1) is 0 Å². The maximum absolute atomic E-state index is 10.7. The van der Waals surface area contributed by atoms with Crippen LogP contribution >= 0.6 is 7.95 Å². The smallest absolute Gasteiger partial charge is 0.321 e. The number of hydrogen-bond acceptors (Lipinski definition) is 3. The molecule has 0 bridgehead atoms. The Morgan fingerprint density at radius 3 is 2.31 bits per heavy atom. The third-order valence-electron chi connectivity index (χ3n) is 1.32. The first-order valence-corrected chi connectivity index (χ1v) is 5.56. The Morgan fingerprint density at radius 1 is 1.46 bits per heavy atom. The Kier molecular flexibility index (Phi) is 5.34. The van der Waals surface area contributed by atoms with Gasteiger partial charge in [0.15, 0.2) is 0 Å². The Hall–Kier alpha value is -0.870. The molecular weight excluding hydrogens is 197 g/mol. The molecule has 13 heavy (non-hydrogen) atoms. The van der Waals surface area contributed by atoms with E-state index in [1.807, 2.05) is 0 Å². The molecule has 7 heteroatoms. The number of carbonyl (C=O) groups is 2. The van der Waals surface area contributed by atoms with Crippen LogP contribution in [0.5, 0.6) is 0 Å². The summed E-state index contributed by atoms with van der Waals surface area (Å²) in [6.07, 6.45) is -0.311. The van der Waals surface area contributed by atoms with E-state index in [-0.39, 0.29) is 12.8 Å². The lowest BCUT2D eigenvalue weighted by atomic mass is 10.2. The van der Waals surface area contributed by atoms with Crippen molar-refractivity contribution in [3.8, 4) is 0 Å². The predicted molar refractivity (Wildman–Crippen MR) is 46.4 cm³/mol. The molecule has 0 fully saturated rings. The van der Waals surface area contributed by atoms with Crippen LogP contribution in [0.4, 0.5) is 0 Å². The van der Waals surface area contributed by atoms with Gasteiger partial charge in [-0.25, -0.2) is 0 Å². The van der Waals surface area contributed by atoms with E-state index >= 15 is 0 Å². The van der Waals surface area contributed by atoms with E-state index < -0.39 is 25.9 Å². The van der Waals surface area contributed by atoms with Gasteiger partial charge in [0.2, 0.25) is 0 Å². The van der Waals surface area contributed by atoms with Gasteiger partial charge in [0.25, 0.3) is 0 Å². The Balaban J connectivity index is 4.02. The molecule has 3 N–H and O–H groups in total. The summed E-state index contributed by atoms with van der Waals surface area (Å²) in [5.74, 6) is -2.25. The number of aliphatic carboxylic acids is 2. The Labute approximate surface area is 75.8 Å². The van der Waals surface area contributed by atoms with Crippen LogP contribution in [-0.4, -0.2) is 34.9 Å². The molecule has 0 rings (SSSR count). The average Bonchev–Trinajstić information content (AvgIpc) is 1.96. The van der Waals surface area contributed by atoms with Gasteiger partial charge in [-0.3, -0.25) is 14.7 Å². The van der Waals surface area contributed by atoms with Crippen molar-refractivity contribution in [1.29, 1.82) is 0 Å². The molecule has 2 atom stereocenters.